The lowest BCUT2D eigenvalue weighted by atomic mass is 9.84. The van der Waals surface area contributed by atoms with Crippen LogP contribution >= 0.6 is 0 Å². The summed E-state index contributed by atoms with van der Waals surface area (Å²) in [6.07, 6.45) is 1.54. The maximum absolute atomic E-state index is 5.50. The van der Waals surface area contributed by atoms with Crippen LogP contribution in [0.1, 0.15) is 31.9 Å². The van der Waals surface area contributed by atoms with E-state index in [4.69, 9.17) is 4.74 Å². The molecule has 2 aromatic rings. The predicted molar refractivity (Wildman–Crippen MR) is 85.9 cm³/mol. The molecule has 0 radical (unpaired) electrons. The van der Waals surface area contributed by atoms with Crippen molar-refractivity contribution in [3.63, 3.8) is 0 Å². The van der Waals surface area contributed by atoms with Gasteiger partial charge in [0.05, 0.1) is 12.2 Å². The topological polar surface area (TPSA) is 47.0 Å². The summed E-state index contributed by atoms with van der Waals surface area (Å²) in [6.45, 7) is 9.76. The number of hydrogen-bond acceptors (Lipinski definition) is 4. The van der Waals surface area contributed by atoms with Gasteiger partial charge in [-0.25, -0.2) is 9.97 Å². The van der Waals surface area contributed by atoms with Crippen LogP contribution in [0.25, 0.3) is 0 Å². The second kappa shape index (κ2) is 6.57. The molecule has 4 nitrogen and oxygen atoms in total. The number of aromatic nitrogens is 2. The monoisotopic (exact) mass is 285 g/mol. The second-order valence-electron chi connectivity index (χ2n) is 5.69. The molecule has 0 bridgehead atoms. The van der Waals surface area contributed by atoms with Crippen LogP contribution in [0.3, 0.4) is 0 Å². The lowest BCUT2D eigenvalue weighted by Gasteiger charge is -2.26. The first kappa shape index (κ1) is 15.3. The summed E-state index contributed by atoms with van der Waals surface area (Å²) in [6, 6.07) is 10.5. The van der Waals surface area contributed by atoms with Crippen LogP contribution in [0, 0.1) is 6.92 Å². The Kier molecular flexibility index (Phi) is 4.78. The fourth-order valence-electron chi connectivity index (χ4n) is 2.19. The van der Waals surface area contributed by atoms with E-state index in [0.29, 0.717) is 12.5 Å². The smallest absolute Gasteiger partial charge is 0.221 e. The normalized spacial score (nSPS) is 11.2. The van der Waals surface area contributed by atoms with Gasteiger partial charge in [-0.2, -0.15) is 0 Å². The van der Waals surface area contributed by atoms with Gasteiger partial charge in [0.2, 0.25) is 5.88 Å². The zero-order valence-corrected chi connectivity index (χ0v) is 13.2. The Morgan fingerprint density at radius 3 is 2.52 bits per heavy atom. The summed E-state index contributed by atoms with van der Waals surface area (Å²) in [5.41, 5.74) is 2.27. The van der Waals surface area contributed by atoms with Crippen molar-refractivity contribution in [1.29, 1.82) is 0 Å². The second-order valence-corrected chi connectivity index (χ2v) is 5.69. The molecule has 1 heterocycles. The average molecular weight is 285 g/mol. The number of nitrogens with one attached hydrogen (secondary N) is 1. The highest BCUT2D eigenvalue weighted by Crippen LogP contribution is 2.25. The van der Waals surface area contributed by atoms with E-state index in [1.807, 2.05) is 19.9 Å². The first-order valence-corrected chi connectivity index (χ1v) is 7.28. The highest BCUT2D eigenvalue weighted by atomic mass is 16.5. The van der Waals surface area contributed by atoms with Crippen molar-refractivity contribution in [2.24, 2.45) is 0 Å². The molecule has 4 heteroatoms. The summed E-state index contributed by atoms with van der Waals surface area (Å²) in [4.78, 5) is 8.47. The molecular weight excluding hydrogens is 262 g/mol. The highest BCUT2D eigenvalue weighted by molar-refractivity contribution is 5.48. The van der Waals surface area contributed by atoms with E-state index >= 15 is 0 Å². The third-order valence-corrected chi connectivity index (χ3v) is 3.57. The van der Waals surface area contributed by atoms with Gasteiger partial charge >= 0.3 is 0 Å². The minimum atomic E-state index is 0.0183. The van der Waals surface area contributed by atoms with Gasteiger partial charge in [-0.3, -0.25) is 0 Å². The molecule has 0 aliphatic carbocycles. The van der Waals surface area contributed by atoms with Gasteiger partial charge in [0.1, 0.15) is 12.1 Å². The molecule has 1 aromatic heterocycles. The van der Waals surface area contributed by atoms with Gasteiger partial charge in [0, 0.05) is 12.0 Å². The van der Waals surface area contributed by atoms with Gasteiger partial charge in [-0.15, -0.1) is 0 Å². The minimum Gasteiger partial charge on any atom is -0.478 e. The van der Waals surface area contributed by atoms with Crippen LogP contribution in [-0.4, -0.2) is 23.1 Å². The van der Waals surface area contributed by atoms with Crippen LogP contribution in [0.5, 0.6) is 5.88 Å². The Morgan fingerprint density at radius 2 is 1.86 bits per heavy atom. The van der Waals surface area contributed by atoms with E-state index in [1.165, 1.54) is 11.9 Å². The number of rotatable bonds is 6. The highest BCUT2D eigenvalue weighted by Gasteiger charge is 2.21. The molecule has 0 spiro atoms. The number of ether oxygens (including phenoxy) is 1. The van der Waals surface area contributed by atoms with Crippen molar-refractivity contribution in [2.45, 2.75) is 33.1 Å². The molecule has 1 aromatic carbocycles. The molecular formula is C17H23N3O. The van der Waals surface area contributed by atoms with E-state index in [2.05, 4.69) is 53.4 Å². The van der Waals surface area contributed by atoms with Crippen LogP contribution in [0.4, 0.5) is 5.82 Å². The zero-order valence-electron chi connectivity index (χ0n) is 13.2. The van der Waals surface area contributed by atoms with Gasteiger partial charge in [-0.05, 0) is 19.4 Å². The van der Waals surface area contributed by atoms with E-state index in [9.17, 15) is 0 Å². The molecule has 1 N–H and O–H groups in total. The molecule has 21 heavy (non-hydrogen) atoms. The number of hydrogen-bond donors (Lipinski definition) is 1. The SMILES string of the molecule is CCOc1ncnc(NCC(C)(C)c2ccccc2)c1C. The van der Waals surface area contributed by atoms with Crippen molar-refractivity contribution in [2.75, 3.05) is 18.5 Å². The molecule has 0 fully saturated rings. The summed E-state index contributed by atoms with van der Waals surface area (Å²) >= 11 is 0. The Balaban J connectivity index is 2.11. The zero-order chi connectivity index (χ0) is 15.3. The lowest BCUT2D eigenvalue weighted by Crippen LogP contribution is -2.28. The Morgan fingerprint density at radius 1 is 1.14 bits per heavy atom. The van der Waals surface area contributed by atoms with Gasteiger partial charge in [0.25, 0.3) is 0 Å². The Bertz CT molecular complexity index is 582. The molecule has 2 rings (SSSR count). The first-order chi connectivity index (χ1) is 10.0. The molecule has 0 unspecified atom stereocenters. The average Bonchev–Trinajstić information content (AvgIpc) is 2.49. The van der Waals surface area contributed by atoms with Gasteiger partial charge < -0.3 is 10.1 Å². The molecule has 0 atom stereocenters. The van der Waals surface area contributed by atoms with Gasteiger partial charge in [0.15, 0.2) is 0 Å². The van der Waals surface area contributed by atoms with Crippen molar-refractivity contribution >= 4 is 5.82 Å². The predicted octanol–water partition coefficient (Wildman–Crippen LogP) is 3.57. The number of anilines is 1. The van der Waals surface area contributed by atoms with E-state index in [1.54, 1.807) is 0 Å². The molecule has 0 aliphatic heterocycles. The molecule has 0 saturated heterocycles. The van der Waals surface area contributed by atoms with E-state index in [0.717, 1.165) is 17.9 Å². The number of nitrogens with zero attached hydrogens (tertiary/aromatic N) is 2. The van der Waals surface area contributed by atoms with Crippen molar-refractivity contribution in [3.8, 4) is 5.88 Å². The summed E-state index contributed by atoms with van der Waals surface area (Å²) < 4.78 is 5.50. The largest absolute Gasteiger partial charge is 0.478 e. The Hall–Kier alpha value is -2.10. The summed E-state index contributed by atoms with van der Waals surface area (Å²) in [5.74, 6) is 1.48. The number of benzene rings is 1. The molecule has 0 aliphatic rings. The van der Waals surface area contributed by atoms with Gasteiger partial charge in [-0.1, -0.05) is 44.2 Å². The summed E-state index contributed by atoms with van der Waals surface area (Å²) in [7, 11) is 0. The quantitative estimate of drug-likeness (QED) is 0.881. The minimum absolute atomic E-state index is 0.0183. The first-order valence-electron chi connectivity index (χ1n) is 7.28. The van der Waals surface area contributed by atoms with Crippen molar-refractivity contribution in [3.05, 3.63) is 47.8 Å². The maximum atomic E-state index is 5.50. The van der Waals surface area contributed by atoms with Crippen LogP contribution in [-0.2, 0) is 5.41 Å². The third-order valence-electron chi connectivity index (χ3n) is 3.57. The van der Waals surface area contributed by atoms with Crippen LogP contribution < -0.4 is 10.1 Å². The standard InChI is InChI=1S/C17H23N3O/c1-5-21-16-13(2)15(19-12-20-16)18-11-17(3,4)14-9-7-6-8-10-14/h6-10,12H,5,11H2,1-4H3,(H,18,19,20). The lowest BCUT2D eigenvalue weighted by molar-refractivity contribution is 0.324. The Labute approximate surface area is 126 Å². The van der Waals surface area contributed by atoms with Crippen molar-refractivity contribution in [1.82, 2.24) is 9.97 Å². The fourth-order valence-corrected chi connectivity index (χ4v) is 2.19. The molecule has 0 amide bonds. The summed E-state index contributed by atoms with van der Waals surface area (Å²) in [5, 5.41) is 3.42. The maximum Gasteiger partial charge on any atom is 0.221 e. The molecule has 0 saturated carbocycles. The fraction of sp³-hybridized carbons (Fsp3) is 0.412. The van der Waals surface area contributed by atoms with Crippen molar-refractivity contribution < 1.29 is 4.74 Å². The molecule has 112 valence electrons. The van der Waals surface area contributed by atoms with E-state index < -0.39 is 0 Å². The van der Waals surface area contributed by atoms with E-state index in [-0.39, 0.29) is 5.41 Å². The van der Waals surface area contributed by atoms with Crippen LogP contribution in [0.15, 0.2) is 36.7 Å². The third kappa shape index (κ3) is 3.72. The van der Waals surface area contributed by atoms with Crippen LogP contribution in [0.2, 0.25) is 0 Å².